The van der Waals surface area contributed by atoms with E-state index in [1.165, 1.54) is 25.7 Å². The standard InChI is InChI=1S/C7H15O4P/c8-12(9,10)11-6-5-7-3-1-2-4-7/h7H,1-6H2,(H2,8,9,10). The Labute approximate surface area is 72.2 Å². The molecule has 0 aliphatic heterocycles. The van der Waals surface area contributed by atoms with Crippen LogP contribution in [0.15, 0.2) is 0 Å². The molecule has 0 heterocycles. The van der Waals surface area contributed by atoms with Gasteiger partial charge in [-0.3, -0.25) is 4.52 Å². The molecule has 0 amide bonds. The normalized spacial score (nSPS) is 20.2. The van der Waals surface area contributed by atoms with Crippen LogP contribution in [0.4, 0.5) is 0 Å². The second kappa shape index (κ2) is 4.38. The van der Waals surface area contributed by atoms with Gasteiger partial charge in [0.2, 0.25) is 0 Å². The van der Waals surface area contributed by atoms with E-state index in [1.807, 2.05) is 0 Å². The summed E-state index contributed by atoms with van der Waals surface area (Å²) in [5, 5.41) is 0. The van der Waals surface area contributed by atoms with Crippen molar-refractivity contribution in [1.29, 1.82) is 0 Å². The zero-order chi connectivity index (χ0) is 9.03. The maximum Gasteiger partial charge on any atom is 0.469 e. The molecular formula is C7H15O4P. The summed E-state index contributed by atoms with van der Waals surface area (Å²) in [4.78, 5) is 16.8. The molecule has 0 saturated heterocycles. The summed E-state index contributed by atoms with van der Waals surface area (Å²) in [5.74, 6) is 0.622. The summed E-state index contributed by atoms with van der Waals surface area (Å²) in [6.45, 7) is 0.189. The van der Waals surface area contributed by atoms with Crippen LogP contribution in [0.1, 0.15) is 32.1 Å². The first kappa shape index (κ1) is 10.2. The van der Waals surface area contributed by atoms with Crippen molar-refractivity contribution in [3.8, 4) is 0 Å². The van der Waals surface area contributed by atoms with E-state index in [0.717, 1.165) is 6.42 Å². The van der Waals surface area contributed by atoms with Crippen LogP contribution in [-0.2, 0) is 9.09 Å². The third-order valence-corrected chi connectivity index (χ3v) is 2.78. The van der Waals surface area contributed by atoms with Gasteiger partial charge in [-0.2, -0.15) is 0 Å². The summed E-state index contributed by atoms with van der Waals surface area (Å²) in [6, 6.07) is 0. The van der Waals surface area contributed by atoms with Crippen LogP contribution in [0.5, 0.6) is 0 Å². The minimum Gasteiger partial charge on any atom is -0.303 e. The van der Waals surface area contributed by atoms with Gasteiger partial charge in [0.15, 0.2) is 0 Å². The summed E-state index contributed by atoms with van der Waals surface area (Å²) >= 11 is 0. The van der Waals surface area contributed by atoms with E-state index < -0.39 is 7.82 Å². The van der Waals surface area contributed by atoms with Crippen LogP contribution in [0.3, 0.4) is 0 Å². The third-order valence-electron chi connectivity index (χ3n) is 2.26. The molecule has 0 radical (unpaired) electrons. The van der Waals surface area contributed by atoms with Gasteiger partial charge in [-0.25, -0.2) is 4.57 Å². The van der Waals surface area contributed by atoms with Crippen molar-refractivity contribution >= 4 is 7.82 Å². The first-order chi connectivity index (χ1) is 5.58. The predicted octanol–water partition coefficient (Wildman–Crippen LogP) is 1.68. The third kappa shape index (κ3) is 4.21. The van der Waals surface area contributed by atoms with Crippen LogP contribution >= 0.6 is 7.82 Å². The van der Waals surface area contributed by atoms with Crippen molar-refractivity contribution in [2.75, 3.05) is 6.61 Å². The maximum atomic E-state index is 10.3. The van der Waals surface area contributed by atoms with Crippen molar-refractivity contribution < 1.29 is 18.9 Å². The van der Waals surface area contributed by atoms with Crippen molar-refractivity contribution in [3.63, 3.8) is 0 Å². The topological polar surface area (TPSA) is 66.8 Å². The first-order valence-electron chi connectivity index (χ1n) is 4.28. The van der Waals surface area contributed by atoms with E-state index in [-0.39, 0.29) is 6.61 Å². The van der Waals surface area contributed by atoms with Crippen LogP contribution in [-0.4, -0.2) is 16.4 Å². The Morgan fingerprint density at radius 2 is 1.92 bits per heavy atom. The Morgan fingerprint density at radius 3 is 2.42 bits per heavy atom. The van der Waals surface area contributed by atoms with Crippen LogP contribution in [0, 0.1) is 5.92 Å². The Balaban J connectivity index is 2.05. The van der Waals surface area contributed by atoms with Crippen LogP contribution < -0.4 is 0 Å². The molecule has 0 aromatic carbocycles. The molecule has 1 fully saturated rings. The Kier molecular flexibility index (Phi) is 3.72. The van der Waals surface area contributed by atoms with Crippen LogP contribution in [0.2, 0.25) is 0 Å². The molecule has 1 aliphatic carbocycles. The van der Waals surface area contributed by atoms with Gasteiger partial charge in [-0.15, -0.1) is 0 Å². The van der Waals surface area contributed by atoms with E-state index in [1.54, 1.807) is 0 Å². The average molecular weight is 194 g/mol. The Morgan fingerprint density at radius 1 is 1.33 bits per heavy atom. The summed E-state index contributed by atoms with van der Waals surface area (Å²) < 4.78 is 14.6. The molecule has 0 unspecified atom stereocenters. The quantitative estimate of drug-likeness (QED) is 0.668. The summed E-state index contributed by atoms with van der Waals surface area (Å²) in [5.41, 5.74) is 0. The highest BCUT2D eigenvalue weighted by molar-refractivity contribution is 7.46. The Bertz CT molecular complexity index is 170. The molecule has 0 aromatic rings. The molecular weight excluding hydrogens is 179 g/mol. The fourth-order valence-electron chi connectivity index (χ4n) is 1.64. The number of phosphoric acid groups is 1. The van der Waals surface area contributed by atoms with Gasteiger partial charge in [-0.1, -0.05) is 25.7 Å². The maximum absolute atomic E-state index is 10.3. The number of hydrogen-bond donors (Lipinski definition) is 2. The van der Waals surface area contributed by atoms with Gasteiger partial charge >= 0.3 is 7.82 Å². The first-order valence-corrected chi connectivity index (χ1v) is 5.81. The monoisotopic (exact) mass is 194 g/mol. The number of hydrogen-bond acceptors (Lipinski definition) is 2. The molecule has 1 rings (SSSR count). The second-order valence-electron chi connectivity index (χ2n) is 3.26. The number of rotatable bonds is 4. The molecule has 72 valence electrons. The number of phosphoric ester groups is 1. The van der Waals surface area contributed by atoms with Crippen molar-refractivity contribution in [2.24, 2.45) is 5.92 Å². The van der Waals surface area contributed by atoms with Crippen molar-refractivity contribution in [2.45, 2.75) is 32.1 Å². The van der Waals surface area contributed by atoms with E-state index in [4.69, 9.17) is 9.79 Å². The highest BCUT2D eigenvalue weighted by Gasteiger charge is 2.18. The zero-order valence-corrected chi connectivity index (χ0v) is 7.87. The molecule has 12 heavy (non-hydrogen) atoms. The Hall–Kier alpha value is 0.110. The molecule has 0 atom stereocenters. The molecule has 1 aliphatic rings. The second-order valence-corrected chi connectivity index (χ2v) is 4.50. The minimum absolute atomic E-state index is 0.189. The fourth-order valence-corrected chi connectivity index (χ4v) is 1.98. The molecule has 0 aromatic heterocycles. The van der Waals surface area contributed by atoms with Crippen molar-refractivity contribution in [3.05, 3.63) is 0 Å². The lowest BCUT2D eigenvalue weighted by molar-refractivity contribution is 0.184. The lowest BCUT2D eigenvalue weighted by Crippen LogP contribution is -1.99. The van der Waals surface area contributed by atoms with Crippen LogP contribution in [0.25, 0.3) is 0 Å². The highest BCUT2D eigenvalue weighted by atomic mass is 31.2. The molecule has 0 spiro atoms. The minimum atomic E-state index is -4.22. The summed E-state index contributed by atoms with van der Waals surface area (Å²) in [6.07, 6.45) is 5.65. The summed E-state index contributed by atoms with van der Waals surface area (Å²) in [7, 11) is -4.22. The van der Waals surface area contributed by atoms with E-state index >= 15 is 0 Å². The van der Waals surface area contributed by atoms with Gasteiger partial charge in [0.05, 0.1) is 6.61 Å². The largest absolute Gasteiger partial charge is 0.469 e. The van der Waals surface area contributed by atoms with Gasteiger partial charge in [0.25, 0.3) is 0 Å². The highest BCUT2D eigenvalue weighted by Crippen LogP contribution is 2.37. The van der Waals surface area contributed by atoms with E-state index in [9.17, 15) is 4.57 Å². The molecule has 0 bridgehead atoms. The molecule has 1 saturated carbocycles. The predicted molar refractivity (Wildman–Crippen MR) is 44.6 cm³/mol. The molecule has 2 N–H and O–H groups in total. The fraction of sp³-hybridized carbons (Fsp3) is 1.00. The SMILES string of the molecule is O=P(O)(O)OCCC1CCCC1. The zero-order valence-electron chi connectivity index (χ0n) is 6.98. The van der Waals surface area contributed by atoms with Gasteiger partial charge in [0, 0.05) is 0 Å². The lowest BCUT2D eigenvalue weighted by Gasteiger charge is -2.09. The molecule has 5 heteroatoms. The van der Waals surface area contributed by atoms with Gasteiger partial charge < -0.3 is 9.79 Å². The van der Waals surface area contributed by atoms with Gasteiger partial charge in [0.1, 0.15) is 0 Å². The van der Waals surface area contributed by atoms with E-state index in [2.05, 4.69) is 4.52 Å². The van der Waals surface area contributed by atoms with Gasteiger partial charge in [-0.05, 0) is 12.3 Å². The van der Waals surface area contributed by atoms with Crippen molar-refractivity contribution in [1.82, 2.24) is 0 Å². The average Bonchev–Trinajstić information content (AvgIpc) is 2.36. The van der Waals surface area contributed by atoms with E-state index in [0.29, 0.717) is 5.92 Å². The molecule has 4 nitrogen and oxygen atoms in total. The lowest BCUT2D eigenvalue weighted by atomic mass is 10.1. The smallest absolute Gasteiger partial charge is 0.303 e.